The number of aliphatic hydroxyl groups excluding tert-OH is 1. The zero-order valence-corrected chi connectivity index (χ0v) is 12.8. The van der Waals surface area contributed by atoms with E-state index < -0.39 is 11.8 Å². The second-order valence-electron chi connectivity index (χ2n) is 5.70. The first kappa shape index (κ1) is 16.6. The van der Waals surface area contributed by atoms with Gasteiger partial charge in [0.1, 0.15) is 6.54 Å². The molecule has 0 spiro atoms. The van der Waals surface area contributed by atoms with Crippen molar-refractivity contribution in [1.82, 2.24) is 19.8 Å². The molecule has 1 unspecified atom stereocenters. The molecule has 1 fully saturated rings. The quantitative estimate of drug-likeness (QED) is 0.746. The lowest BCUT2D eigenvalue weighted by molar-refractivity contribution is -0.122. The molecule has 1 aromatic heterocycles. The molecule has 122 valence electrons. The maximum atomic E-state index is 11.8. The first-order valence-corrected chi connectivity index (χ1v) is 7.84. The van der Waals surface area contributed by atoms with Gasteiger partial charge in [-0.05, 0) is 32.0 Å². The van der Waals surface area contributed by atoms with Crippen molar-refractivity contribution in [2.24, 2.45) is 0 Å². The predicted octanol–water partition coefficient (Wildman–Crippen LogP) is -0.404. The van der Waals surface area contributed by atoms with Crippen LogP contribution in [0.3, 0.4) is 0 Å². The molecular formula is C15H24N4O3. The van der Waals surface area contributed by atoms with Crippen LogP contribution in [0.4, 0.5) is 0 Å². The van der Waals surface area contributed by atoms with Crippen LogP contribution in [0.15, 0.2) is 23.3 Å². The Morgan fingerprint density at radius 2 is 2.05 bits per heavy atom. The Balaban J connectivity index is 1.71. The molecule has 0 radical (unpaired) electrons. The van der Waals surface area contributed by atoms with Gasteiger partial charge in [0.25, 0.3) is 0 Å². The first-order valence-electron chi connectivity index (χ1n) is 7.84. The number of carbonyl (C=O) groups is 1. The second-order valence-corrected chi connectivity index (χ2v) is 5.70. The van der Waals surface area contributed by atoms with E-state index in [9.17, 15) is 14.7 Å². The van der Waals surface area contributed by atoms with Crippen molar-refractivity contribution in [3.8, 4) is 0 Å². The molecule has 1 atom stereocenters. The minimum Gasteiger partial charge on any atom is -0.390 e. The van der Waals surface area contributed by atoms with E-state index in [1.54, 1.807) is 6.07 Å². The van der Waals surface area contributed by atoms with Gasteiger partial charge in [0.2, 0.25) is 5.91 Å². The highest BCUT2D eigenvalue weighted by Gasteiger charge is 2.14. The van der Waals surface area contributed by atoms with Gasteiger partial charge in [-0.15, -0.1) is 0 Å². The van der Waals surface area contributed by atoms with Crippen molar-refractivity contribution >= 4 is 5.91 Å². The van der Waals surface area contributed by atoms with Crippen molar-refractivity contribution in [2.75, 3.05) is 26.2 Å². The van der Waals surface area contributed by atoms with E-state index in [-0.39, 0.29) is 19.0 Å². The van der Waals surface area contributed by atoms with Gasteiger partial charge >= 0.3 is 5.69 Å². The fraction of sp³-hybridized carbons (Fsp3) is 0.667. The van der Waals surface area contributed by atoms with Crippen LogP contribution in [0, 0.1) is 0 Å². The molecule has 7 heteroatoms. The number of hydrogen-bond donors (Lipinski definition) is 2. The third-order valence-corrected chi connectivity index (χ3v) is 3.80. The van der Waals surface area contributed by atoms with Crippen LogP contribution in [0.5, 0.6) is 0 Å². The van der Waals surface area contributed by atoms with E-state index in [1.165, 1.54) is 42.6 Å². The molecule has 0 saturated carbocycles. The number of nitrogens with one attached hydrogen (secondary N) is 1. The van der Waals surface area contributed by atoms with Crippen LogP contribution in [-0.4, -0.2) is 57.7 Å². The Bertz CT molecular complexity index is 524. The third kappa shape index (κ3) is 5.57. The Kier molecular flexibility index (Phi) is 6.54. The van der Waals surface area contributed by atoms with Gasteiger partial charge in [-0.2, -0.15) is 0 Å². The van der Waals surface area contributed by atoms with Crippen LogP contribution < -0.4 is 11.0 Å². The smallest absolute Gasteiger partial charge is 0.347 e. The first-order chi connectivity index (χ1) is 10.6. The zero-order chi connectivity index (χ0) is 15.8. The molecule has 2 rings (SSSR count). The van der Waals surface area contributed by atoms with E-state index in [4.69, 9.17) is 0 Å². The monoisotopic (exact) mass is 308 g/mol. The average Bonchev–Trinajstić information content (AvgIpc) is 2.76. The van der Waals surface area contributed by atoms with E-state index in [2.05, 4.69) is 15.2 Å². The molecule has 1 aliphatic rings. The SMILES string of the molecule is O=C(Cn1cccnc1=O)NCC(O)CN1CCCCCC1. The van der Waals surface area contributed by atoms with Gasteiger partial charge < -0.3 is 15.3 Å². The predicted molar refractivity (Wildman–Crippen MR) is 82.4 cm³/mol. The summed E-state index contributed by atoms with van der Waals surface area (Å²) in [7, 11) is 0. The number of aromatic nitrogens is 2. The van der Waals surface area contributed by atoms with Gasteiger partial charge in [0.05, 0.1) is 6.10 Å². The summed E-state index contributed by atoms with van der Waals surface area (Å²) < 4.78 is 1.23. The van der Waals surface area contributed by atoms with Crippen LogP contribution in [0.1, 0.15) is 25.7 Å². The molecule has 1 amide bonds. The van der Waals surface area contributed by atoms with E-state index in [0.717, 1.165) is 13.1 Å². The van der Waals surface area contributed by atoms with Gasteiger partial charge in [-0.3, -0.25) is 9.36 Å². The lowest BCUT2D eigenvalue weighted by Crippen LogP contribution is -2.42. The molecule has 7 nitrogen and oxygen atoms in total. The van der Waals surface area contributed by atoms with Crippen LogP contribution in [-0.2, 0) is 11.3 Å². The van der Waals surface area contributed by atoms with Gasteiger partial charge in [-0.1, -0.05) is 12.8 Å². The van der Waals surface area contributed by atoms with Crippen molar-refractivity contribution in [3.05, 3.63) is 28.9 Å². The van der Waals surface area contributed by atoms with Crippen molar-refractivity contribution in [1.29, 1.82) is 0 Å². The molecule has 22 heavy (non-hydrogen) atoms. The van der Waals surface area contributed by atoms with Crippen molar-refractivity contribution in [3.63, 3.8) is 0 Å². The molecule has 0 aromatic carbocycles. The summed E-state index contributed by atoms with van der Waals surface area (Å²) in [5.74, 6) is -0.301. The molecule has 0 bridgehead atoms. The Hall–Kier alpha value is -1.73. The minimum atomic E-state index is -0.590. The number of carbonyl (C=O) groups excluding carboxylic acids is 1. The van der Waals surface area contributed by atoms with Crippen LogP contribution in [0.2, 0.25) is 0 Å². The molecule has 1 aromatic rings. The molecular weight excluding hydrogens is 284 g/mol. The number of amides is 1. The van der Waals surface area contributed by atoms with E-state index in [1.807, 2.05) is 0 Å². The highest BCUT2D eigenvalue weighted by Crippen LogP contribution is 2.09. The summed E-state index contributed by atoms with van der Waals surface area (Å²) in [6.45, 7) is 2.72. The molecule has 2 heterocycles. The van der Waals surface area contributed by atoms with E-state index in [0.29, 0.717) is 6.54 Å². The summed E-state index contributed by atoms with van der Waals surface area (Å²) in [6, 6.07) is 1.60. The Labute approximate surface area is 130 Å². The van der Waals surface area contributed by atoms with E-state index >= 15 is 0 Å². The third-order valence-electron chi connectivity index (χ3n) is 3.80. The summed E-state index contributed by atoms with van der Waals surface area (Å²) in [6.07, 6.45) is 7.16. The number of β-amino-alcohol motifs (C(OH)–C–C–N with tert-alkyl or cyclic N) is 1. The van der Waals surface area contributed by atoms with Gasteiger partial charge in [0, 0.05) is 25.5 Å². The summed E-state index contributed by atoms with van der Waals surface area (Å²) in [5.41, 5.74) is -0.456. The maximum absolute atomic E-state index is 11.8. The highest BCUT2D eigenvalue weighted by molar-refractivity contribution is 5.75. The zero-order valence-electron chi connectivity index (χ0n) is 12.8. The van der Waals surface area contributed by atoms with Crippen molar-refractivity contribution < 1.29 is 9.90 Å². The fourth-order valence-electron chi connectivity index (χ4n) is 2.63. The number of nitrogens with zero attached hydrogens (tertiary/aromatic N) is 3. The molecule has 2 N–H and O–H groups in total. The number of hydrogen-bond acceptors (Lipinski definition) is 5. The number of aliphatic hydroxyl groups is 1. The van der Waals surface area contributed by atoms with Gasteiger partial charge in [-0.25, -0.2) is 9.78 Å². The van der Waals surface area contributed by atoms with Crippen LogP contribution in [0.25, 0.3) is 0 Å². The topological polar surface area (TPSA) is 87.5 Å². The highest BCUT2D eigenvalue weighted by atomic mass is 16.3. The normalized spacial score (nSPS) is 17.7. The van der Waals surface area contributed by atoms with Gasteiger partial charge in [0.15, 0.2) is 0 Å². The van der Waals surface area contributed by atoms with Crippen molar-refractivity contribution in [2.45, 2.75) is 38.3 Å². The lowest BCUT2D eigenvalue weighted by Gasteiger charge is -2.23. The Morgan fingerprint density at radius 1 is 1.32 bits per heavy atom. The second kappa shape index (κ2) is 8.65. The minimum absolute atomic E-state index is 0.0803. The van der Waals surface area contributed by atoms with Crippen LogP contribution >= 0.6 is 0 Å². The lowest BCUT2D eigenvalue weighted by atomic mass is 10.2. The summed E-state index contributed by atoms with van der Waals surface area (Å²) in [4.78, 5) is 29.0. The summed E-state index contributed by atoms with van der Waals surface area (Å²) >= 11 is 0. The standard InChI is InChI=1S/C15H24N4O3/c20-13(11-18-7-3-1-2-4-8-18)10-17-14(21)12-19-9-5-6-16-15(19)22/h5-6,9,13,20H,1-4,7-8,10-12H2,(H,17,21). The number of rotatable bonds is 6. The molecule has 1 aliphatic heterocycles. The number of likely N-dealkylation sites (tertiary alicyclic amines) is 1. The summed E-state index contributed by atoms with van der Waals surface area (Å²) in [5, 5.41) is 12.7. The fourth-order valence-corrected chi connectivity index (χ4v) is 2.63. The maximum Gasteiger partial charge on any atom is 0.347 e. The molecule has 0 aliphatic carbocycles. The average molecular weight is 308 g/mol. The molecule has 1 saturated heterocycles. The largest absolute Gasteiger partial charge is 0.390 e. The Morgan fingerprint density at radius 3 is 2.73 bits per heavy atom.